The van der Waals surface area contributed by atoms with Crippen LogP contribution in [0.25, 0.3) is 10.8 Å². The molecule has 4 rings (SSSR count). The number of hydrogen-bond donors (Lipinski definition) is 0. The standard InChI is InChI=1S/C19H25N3O3S/c1-13-9-21(10-14(2)25-13)11-15-5-3-7-22(15)19(23)16-12-26-18(20-16)17-6-4-8-24-17/h4,6,8,12-15H,3,5,7,9-11H2,1-2H3. The maximum atomic E-state index is 13.0. The quantitative estimate of drug-likeness (QED) is 0.822. The van der Waals surface area contributed by atoms with E-state index in [0.717, 1.165) is 44.0 Å². The van der Waals surface area contributed by atoms with Gasteiger partial charge in [0, 0.05) is 37.6 Å². The largest absolute Gasteiger partial charge is 0.462 e. The first-order valence-corrected chi connectivity index (χ1v) is 10.2. The number of hydrogen-bond acceptors (Lipinski definition) is 6. The summed E-state index contributed by atoms with van der Waals surface area (Å²) >= 11 is 1.45. The van der Waals surface area contributed by atoms with Gasteiger partial charge in [0.25, 0.3) is 5.91 Å². The fraction of sp³-hybridized carbons (Fsp3) is 0.579. The smallest absolute Gasteiger partial charge is 0.273 e. The van der Waals surface area contributed by atoms with Crippen molar-refractivity contribution >= 4 is 17.2 Å². The molecule has 2 fully saturated rings. The third-order valence-corrected chi connectivity index (χ3v) is 5.91. The van der Waals surface area contributed by atoms with Crippen molar-refractivity contribution in [3.05, 3.63) is 29.5 Å². The van der Waals surface area contributed by atoms with Gasteiger partial charge in [0.2, 0.25) is 0 Å². The van der Waals surface area contributed by atoms with Crippen molar-refractivity contribution in [3.63, 3.8) is 0 Å². The van der Waals surface area contributed by atoms with Crippen molar-refractivity contribution in [2.24, 2.45) is 0 Å². The first kappa shape index (κ1) is 17.7. The number of thiazole rings is 1. The second-order valence-electron chi connectivity index (χ2n) is 7.29. The van der Waals surface area contributed by atoms with Crippen LogP contribution in [-0.2, 0) is 4.74 Å². The van der Waals surface area contributed by atoms with E-state index < -0.39 is 0 Å². The molecule has 7 heteroatoms. The molecule has 0 radical (unpaired) electrons. The van der Waals surface area contributed by atoms with Gasteiger partial charge in [-0.15, -0.1) is 11.3 Å². The molecule has 2 aliphatic heterocycles. The lowest BCUT2D eigenvalue weighted by atomic mass is 10.1. The predicted octanol–water partition coefficient (Wildman–Crippen LogP) is 3.12. The van der Waals surface area contributed by atoms with Crippen molar-refractivity contribution in [2.45, 2.75) is 44.9 Å². The highest BCUT2D eigenvalue weighted by molar-refractivity contribution is 7.13. The molecule has 0 N–H and O–H groups in total. The van der Waals surface area contributed by atoms with Gasteiger partial charge in [-0.2, -0.15) is 0 Å². The highest BCUT2D eigenvalue weighted by Crippen LogP contribution is 2.27. The van der Waals surface area contributed by atoms with E-state index in [1.54, 1.807) is 6.26 Å². The van der Waals surface area contributed by atoms with Crippen molar-refractivity contribution in [1.29, 1.82) is 0 Å². The summed E-state index contributed by atoms with van der Waals surface area (Å²) < 4.78 is 11.2. The number of aromatic nitrogens is 1. The normalized spacial score (nSPS) is 27.2. The summed E-state index contributed by atoms with van der Waals surface area (Å²) in [6, 6.07) is 3.96. The van der Waals surface area contributed by atoms with Gasteiger partial charge >= 0.3 is 0 Å². The van der Waals surface area contributed by atoms with Crippen molar-refractivity contribution in [1.82, 2.24) is 14.8 Å². The molecule has 0 aromatic carbocycles. The summed E-state index contributed by atoms with van der Waals surface area (Å²) in [5, 5.41) is 2.60. The molecule has 4 heterocycles. The Morgan fingerprint density at radius 1 is 1.35 bits per heavy atom. The lowest BCUT2D eigenvalue weighted by Gasteiger charge is -2.38. The molecule has 0 spiro atoms. The molecule has 0 saturated carbocycles. The van der Waals surface area contributed by atoms with E-state index in [1.165, 1.54) is 11.3 Å². The summed E-state index contributed by atoms with van der Waals surface area (Å²) in [5.74, 6) is 0.749. The minimum absolute atomic E-state index is 0.0379. The zero-order valence-electron chi connectivity index (χ0n) is 15.3. The number of nitrogens with zero attached hydrogens (tertiary/aromatic N) is 3. The zero-order chi connectivity index (χ0) is 18.1. The molecule has 0 aliphatic carbocycles. The number of furan rings is 1. The molecular weight excluding hydrogens is 350 g/mol. The minimum Gasteiger partial charge on any atom is -0.462 e. The number of amides is 1. The van der Waals surface area contributed by atoms with E-state index in [1.807, 2.05) is 22.4 Å². The SMILES string of the molecule is CC1CN(CC2CCCN2C(=O)c2csc(-c3ccco3)n2)CC(C)O1. The minimum atomic E-state index is 0.0379. The lowest BCUT2D eigenvalue weighted by molar-refractivity contribution is -0.0715. The molecule has 2 aromatic rings. The monoisotopic (exact) mass is 375 g/mol. The number of carbonyl (C=O) groups excluding carboxylic acids is 1. The first-order chi connectivity index (χ1) is 12.6. The van der Waals surface area contributed by atoms with Crippen LogP contribution in [0, 0.1) is 0 Å². The lowest BCUT2D eigenvalue weighted by Crippen LogP contribution is -2.51. The highest BCUT2D eigenvalue weighted by Gasteiger charge is 2.33. The Morgan fingerprint density at radius 3 is 2.88 bits per heavy atom. The van der Waals surface area contributed by atoms with Gasteiger partial charge in [-0.25, -0.2) is 4.98 Å². The molecular formula is C19H25N3O3S. The van der Waals surface area contributed by atoms with E-state index in [0.29, 0.717) is 11.5 Å². The maximum Gasteiger partial charge on any atom is 0.273 e. The molecule has 2 saturated heterocycles. The van der Waals surface area contributed by atoms with Crippen molar-refractivity contribution < 1.29 is 13.9 Å². The second kappa shape index (κ2) is 7.50. The first-order valence-electron chi connectivity index (χ1n) is 9.28. The fourth-order valence-corrected chi connectivity index (χ4v) is 4.82. The maximum absolute atomic E-state index is 13.0. The highest BCUT2D eigenvalue weighted by atomic mass is 32.1. The molecule has 140 valence electrons. The Labute approximate surface area is 157 Å². The molecule has 26 heavy (non-hydrogen) atoms. The summed E-state index contributed by atoms with van der Waals surface area (Å²) in [6.07, 6.45) is 4.23. The van der Waals surface area contributed by atoms with Gasteiger partial charge in [0.15, 0.2) is 10.8 Å². The molecule has 2 aliphatic rings. The van der Waals surface area contributed by atoms with Crippen LogP contribution in [0.1, 0.15) is 37.2 Å². The van der Waals surface area contributed by atoms with Crippen LogP contribution < -0.4 is 0 Å². The van der Waals surface area contributed by atoms with E-state index in [4.69, 9.17) is 9.15 Å². The molecule has 2 aromatic heterocycles. The van der Waals surface area contributed by atoms with Crippen molar-refractivity contribution in [2.75, 3.05) is 26.2 Å². The van der Waals surface area contributed by atoms with E-state index in [-0.39, 0.29) is 24.2 Å². The molecule has 0 bridgehead atoms. The molecule has 3 unspecified atom stereocenters. The summed E-state index contributed by atoms with van der Waals surface area (Å²) in [7, 11) is 0. The summed E-state index contributed by atoms with van der Waals surface area (Å²) in [6.45, 7) is 7.83. The Hall–Kier alpha value is -1.70. The summed E-state index contributed by atoms with van der Waals surface area (Å²) in [4.78, 5) is 22.0. The average molecular weight is 375 g/mol. The molecule has 1 amide bonds. The van der Waals surface area contributed by atoms with Gasteiger partial charge in [0.05, 0.1) is 18.5 Å². The number of morpholine rings is 1. The van der Waals surface area contributed by atoms with E-state index >= 15 is 0 Å². The Kier molecular flexibility index (Phi) is 5.11. The summed E-state index contributed by atoms with van der Waals surface area (Å²) in [5.41, 5.74) is 0.525. The van der Waals surface area contributed by atoms with Crippen LogP contribution in [0.3, 0.4) is 0 Å². The zero-order valence-corrected chi connectivity index (χ0v) is 16.1. The number of carbonyl (C=O) groups is 1. The van der Waals surface area contributed by atoms with E-state index in [9.17, 15) is 4.79 Å². The third-order valence-electron chi connectivity index (χ3n) is 5.06. The van der Waals surface area contributed by atoms with Crippen LogP contribution in [0.15, 0.2) is 28.2 Å². The third kappa shape index (κ3) is 3.70. The van der Waals surface area contributed by atoms with Gasteiger partial charge in [-0.05, 0) is 38.8 Å². The predicted molar refractivity (Wildman–Crippen MR) is 100 cm³/mol. The van der Waals surface area contributed by atoms with Crippen LogP contribution in [0.5, 0.6) is 0 Å². The Morgan fingerprint density at radius 2 is 2.15 bits per heavy atom. The average Bonchev–Trinajstić information content (AvgIpc) is 3.34. The second-order valence-corrected chi connectivity index (χ2v) is 8.14. The topological polar surface area (TPSA) is 58.8 Å². The van der Waals surface area contributed by atoms with Crippen molar-refractivity contribution in [3.8, 4) is 10.8 Å². The molecule has 3 atom stereocenters. The van der Waals surface area contributed by atoms with Crippen LogP contribution in [-0.4, -0.2) is 65.1 Å². The fourth-order valence-electron chi connectivity index (χ4n) is 4.06. The van der Waals surface area contributed by atoms with E-state index in [2.05, 4.69) is 23.7 Å². The van der Waals surface area contributed by atoms with Gasteiger partial charge in [-0.1, -0.05) is 0 Å². The van der Waals surface area contributed by atoms with Gasteiger partial charge < -0.3 is 14.1 Å². The van der Waals surface area contributed by atoms with Crippen LogP contribution in [0.2, 0.25) is 0 Å². The Balaban J connectivity index is 1.43. The number of rotatable bonds is 4. The molecule has 6 nitrogen and oxygen atoms in total. The van der Waals surface area contributed by atoms with Crippen LogP contribution >= 0.6 is 11.3 Å². The number of likely N-dealkylation sites (tertiary alicyclic amines) is 1. The number of ether oxygens (including phenoxy) is 1. The van der Waals surface area contributed by atoms with Gasteiger partial charge in [-0.3, -0.25) is 9.69 Å². The van der Waals surface area contributed by atoms with Gasteiger partial charge in [0.1, 0.15) is 5.69 Å². The Bertz CT molecular complexity index is 735. The van der Waals surface area contributed by atoms with Crippen LogP contribution in [0.4, 0.5) is 0 Å².